The number of nitrogens with one attached hydrogen (secondary N) is 2. The number of carbonyl (C=O) groups is 1. The lowest BCUT2D eigenvalue weighted by Gasteiger charge is -2.30. The zero-order chi connectivity index (χ0) is 12.8. The lowest BCUT2D eigenvalue weighted by Crippen LogP contribution is -2.48. The van der Waals surface area contributed by atoms with Gasteiger partial charge in [0, 0.05) is 32.2 Å². The Hall–Kier alpha value is -0.650. The first kappa shape index (κ1) is 13.8. The molecule has 0 aromatic rings. The van der Waals surface area contributed by atoms with Crippen LogP contribution in [0.4, 0.5) is 0 Å². The molecule has 5 heteroatoms. The molecule has 18 heavy (non-hydrogen) atoms. The van der Waals surface area contributed by atoms with Gasteiger partial charge in [-0.15, -0.1) is 0 Å². The molecule has 0 aromatic heterocycles. The van der Waals surface area contributed by atoms with E-state index in [9.17, 15) is 4.79 Å². The summed E-state index contributed by atoms with van der Waals surface area (Å²) in [4.78, 5) is 14.4. The number of piperidine rings is 1. The standard InChI is InChI=1S/C13H25N3O2/c1-11-12(3-2-4-14-11)13(17)15-5-6-16-7-9-18-10-8-16/h11-12,14H,2-10H2,1H3,(H,15,17). The molecule has 2 rings (SSSR count). The number of hydrogen-bond acceptors (Lipinski definition) is 4. The summed E-state index contributed by atoms with van der Waals surface area (Å²) in [7, 11) is 0. The molecule has 2 N–H and O–H groups in total. The van der Waals surface area contributed by atoms with Crippen molar-refractivity contribution < 1.29 is 9.53 Å². The third kappa shape index (κ3) is 3.93. The van der Waals surface area contributed by atoms with E-state index in [0.29, 0.717) is 6.04 Å². The molecule has 0 aromatic carbocycles. The zero-order valence-corrected chi connectivity index (χ0v) is 11.3. The van der Waals surface area contributed by atoms with Gasteiger partial charge in [0.15, 0.2) is 0 Å². The van der Waals surface area contributed by atoms with E-state index in [1.807, 2.05) is 0 Å². The predicted molar refractivity (Wildman–Crippen MR) is 70.5 cm³/mol. The van der Waals surface area contributed by atoms with Crippen molar-refractivity contribution in [2.45, 2.75) is 25.8 Å². The number of nitrogens with zero attached hydrogens (tertiary/aromatic N) is 1. The summed E-state index contributed by atoms with van der Waals surface area (Å²) in [5.41, 5.74) is 0. The molecule has 0 aliphatic carbocycles. The van der Waals surface area contributed by atoms with Gasteiger partial charge in [0.2, 0.25) is 5.91 Å². The minimum absolute atomic E-state index is 0.142. The topological polar surface area (TPSA) is 53.6 Å². The molecule has 2 aliphatic heterocycles. The van der Waals surface area contributed by atoms with E-state index in [4.69, 9.17) is 4.74 Å². The SMILES string of the molecule is CC1NCCCC1C(=O)NCCN1CCOCC1. The molecule has 5 nitrogen and oxygen atoms in total. The molecular weight excluding hydrogens is 230 g/mol. The van der Waals surface area contributed by atoms with Gasteiger partial charge in [-0.25, -0.2) is 0 Å². The number of morpholine rings is 1. The Kier molecular flexibility index (Phi) is 5.41. The Labute approximate surface area is 109 Å². The molecule has 2 aliphatic rings. The van der Waals surface area contributed by atoms with E-state index in [1.54, 1.807) is 0 Å². The van der Waals surface area contributed by atoms with Crippen LogP contribution in [-0.4, -0.2) is 62.8 Å². The van der Waals surface area contributed by atoms with E-state index < -0.39 is 0 Å². The maximum Gasteiger partial charge on any atom is 0.224 e. The molecule has 0 radical (unpaired) electrons. The Morgan fingerprint density at radius 1 is 1.44 bits per heavy atom. The van der Waals surface area contributed by atoms with Gasteiger partial charge in [0.1, 0.15) is 0 Å². The zero-order valence-electron chi connectivity index (χ0n) is 11.3. The highest BCUT2D eigenvalue weighted by Gasteiger charge is 2.27. The number of carbonyl (C=O) groups excluding carboxylic acids is 1. The van der Waals surface area contributed by atoms with Crippen LogP contribution in [0.25, 0.3) is 0 Å². The Morgan fingerprint density at radius 3 is 2.94 bits per heavy atom. The molecule has 2 fully saturated rings. The van der Waals surface area contributed by atoms with E-state index in [0.717, 1.165) is 58.8 Å². The molecular formula is C13H25N3O2. The lowest BCUT2D eigenvalue weighted by molar-refractivity contribution is -0.126. The van der Waals surface area contributed by atoms with Gasteiger partial charge in [-0.1, -0.05) is 0 Å². The quantitative estimate of drug-likeness (QED) is 0.732. The molecule has 0 saturated carbocycles. The lowest BCUT2D eigenvalue weighted by atomic mass is 9.91. The first-order valence-electron chi connectivity index (χ1n) is 7.08. The van der Waals surface area contributed by atoms with Gasteiger partial charge in [-0.2, -0.15) is 0 Å². The second-order valence-corrected chi connectivity index (χ2v) is 5.24. The largest absolute Gasteiger partial charge is 0.379 e. The molecule has 1 amide bonds. The summed E-state index contributed by atoms with van der Waals surface area (Å²) in [6.45, 7) is 8.43. The highest BCUT2D eigenvalue weighted by molar-refractivity contribution is 5.79. The maximum absolute atomic E-state index is 12.1. The van der Waals surface area contributed by atoms with Gasteiger partial charge in [0.25, 0.3) is 0 Å². The molecule has 104 valence electrons. The third-order valence-electron chi connectivity index (χ3n) is 3.93. The summed E-state index contributed by atoms with van der Waals surface area (Å²) < 4.78 is 5.30. The fourth-order valence-corrected chi connectivity index (χ4v) is 2.70. The molecule has 2 heterocycles. The van der Waals surface area contributed by atoms with Crippen molar-refractivity contribution in [1.82, 2.24) is 15.5 Å². The fourth-order valence-electron chi connectivity index (χ4n) is 2.70. The van der Waals surface area contributed by atoms with Crippen molar-refractivity contribution in [2.24, 2.45) is 5.92 Å². The van der Waals surface area contributed by atoms with Crippen LogP contribution in [0.5, 0.6) is 0 Å². The van der Waals surface area contributed by atoms with E-state index in [2.05, 4.69) is 22.5 Å². The second-order valence-electron chi connectivity index (χ2n) is 5.24. The van der Waals surface area contributed by atoms with Crippen molar-refractivity contribution >= 4 is 5.91 Å². The highest BCUT2D eigenvalue weighted by Crippen LogP contribution is 2.15. The van der Waals surface area contributed by atoms with Crippen LogP contribution in [0.15, 0.2) is 0 Å². The van der Waals surface area contributed by atoms with E-state index >= 15 is 0 Å². The van der Waals surface area contributed by atoms with E-state index in [1.165, 1.54) is 0 Å². The van der Waals surface area contributed by atoms with Crippen molar-refractivity contribution in [1.29, 1.82) is 0 Å². The van der Waals surface area contributed by atoms with Crippen LogP contribution in [0.3, 0.4) is 0 Å². The second kappa shape index (κ2) is 7.07. The van der Waals surface area contributed by atoms with Crippen molar-refractivity contribution in [3.05, 3.63) is 0 Å². The van der Waals surface area contributed by atoms with Crippen LogP contribution < -0.4 is 10.6 Å². The van der Waals surface area contributed by atoms with Crippen molar-refractivity contribution in [2.75, 3.05) is 45.9 Å². The molecule has 2 unspecified atom stereocenters. The Balaban J connectivity index is 1.64. The molecule has 0 spiro atoms. The smallest absolute Gasteiger partial charge is 0.224 e. The van der Waals surface area contributed by atoms with Gasteiger partial charge < -0.3 is 15.4 Å². The summed E-state index contributed by atoms with van der Waals surface area (Å²) >= 11 is 0. The summed E-state index contributed by atoms with van der Waals surface area (Å²) in [5.74, 6) is 0.353. The number of ether oxygens (including phenoxy) is 1. The maximum atomic E-state index is 12.1. The Bertz CT molecular complexity index is 267. The number of hydrogen-bond donors (Lipinski definition) is 2. The van der Waals surface area contributed by atoms with Gasteiger partial charge in [-0.05, 0) is 26.3 Å². The third-order valence-corrected chi connectivity index (χ3v) is 3.93. The van der Waals surface area contributed by atoms with Gasteiger partial charge in [-0.3, -0.25) is 9.69 Å². The first-order chi connectivity index (χ1) is 8.77. The van der Waals surface area contributed by atoms with Gasteiger partial charge >= 0.3 is 0 Å². The number of rotatable bonds is 4. The minimum Gasteiger partial charge on any atom is -0.379 e. The normalized spacial score (nSPS) is 30.1. The molecule has 2 atom stereocenters. The van der Waals surface area contributed by atoms with E-state index in [-0.39, 0.29) is 11.8 Å². The van der Waals surface area contributed by atoms with Crippen LogP contribution in [0.1, 0.15) is 19.8 Å². The fraction of sp³-hybridized carbons (Fsp3) is 0.923. The summed E-state index contributed by atoms with van der Waals surface area (Å²) in [6.07, 6.45) is 2.11. The molecule has 0 bridgehead atoms. The van der Waals surface area contributed by atoms with Crippen LogP contribution in [-0.2, 0) is 9.53 Å². The van der Waals surface area contributed by atoms with Crippen LogP contribution in [0, 0.1) is 5.92 Å². The average Bonchev–Trinajstić information content (AvgIpc) is 2.40. The highest BCUT2D eigenvalue weighted by atomic mass is 16.5. The van der Waals surface area contributed by atoms with Crippen molar-refractivity contribution in [3.63, 3.8) is 0 Å². The van der Waals surface area contributed by atoms with Crippen LogP contribution in [0.2, 0.25) is 0 Å². The van der Waals surface area contributed by atoms with Crippen LogP contribution >= 0.6 is 0 Å². The monoisotopic (exact) mass is 255 g/mol. The number of amides is 1. The summed E-state index contributed by atoms with van der Waals surface area (Å²) in [5, 5.41) is 6.43. The Morgan fingerprint density at radius 2 is 2.22 bits per heavy atom. The summed E-state index contributed by atoms with van der Waals surface area (Å²) in [6, 6.07) is 0.308. The first-order valence-corrected chi connectivity index (χ1v) is 7.08. The molecule has 2 saturated heterocycles. The minimum atomic E-state index is 0.142. The average molecular weight is 255 g/mol. The predicted octanol–water partition coefficient (Wildman–Crippen LogP) is -0.177. The van der Waals surface area contributed by atoms with Gasteiger partial charge in [0.05, 0.1) is 19.1 Å². The van der Waals surface area contributed by atoms with Crippen molar-refractivity contribution in [3.8, 4) is 0 Å².